The molecule has 1 nitrogen and oxygen atoms in total. The number of hydrogen-bond donors (Lipinski definition) is 0. The van der Waals surface area contributed by atoms with Crippen LogP contribution in [0.3, 0.4) is 0 Å². The molecular formula is C16H18O. The van der Waals surface area contributed by atoms with Crippen LogP contribution in [0, 0.1) is 6.92 Å². The van der Waals surface area contributed by atoms with Gasteiger partial charge in [-0.15, -0.1) is 0 Å². The van der Waals surface area contributed by atoms with E-state index in [-0.39, 0.29) is 0 Å². The molecule has 0 aliphatic heterocycles. The maximum atomic E-state index is 6.12. The van der Waals surface area contributed by atoms with Gasteiger partial charge < -0.3 is 4.74 Å². The fraction of sp³-hybridized carbons (Fsp3) is 0.375. The van der Waals surface area contributed by atoms with Crippen LogP contribution in [-0.2, 0) is 0 Å². The molecule has 2 aliphatic rings. The average Bonchev–Trinajstić information content (AvgIpc) is 2.74. The van der Waals surface area contributed by atoms with E-state index in [1.165, 1.54) is 24.0 Å². The molecule has 0 spiro atoms. The molecule has 1 unspecified atom stereocenters. The maximum Gasteiger partial charge on any atom is 0.122 e. The van der Waals surface area contributed by atoms with Crippen molar-refractivity contribution < 1.29 is 4.74 Å². The molecule has 0 saturated carbocycles. The monoisotopic (exact) mass is 226 g/mol. The quantitative estimate of drug-likeness (QED) is 0.735. The molecule has 3 rings (SSSR count). The SMILES string of the molecule is Cc1ccccc1OC1CC2=C(CCC=C2)C1. The number of rotatable bonds is 2. The minimum absolute atomic E-state index is 0.351. The summed E-state index contributed by atoms with van der Waals surface area (Å²) in [7, 11) is 0. The summed E-state index contributed by atoms with van der Waals surface area (Å²) in [5.41, 5.74) is 4.37. The molecular weight excluding hydrogens is 208 g/mol. The van der Waals surface area contributed by atoms with Crippen LogP contribution in [0.15, 0.2) is 47.6 Å². The molecule has 1 heteroatoms. The standard InChI is InChI=1S/C16H18O/c1-12-6-2-5-9-16(12)17-15-10-13-7-3-4-8-14(13)11-15/h2-3,5-7,9,15H,4,8,10-11H2,1H3. The number of benzene rings is 1. The topological polar surface area (TPSA) is 9.23 Å². The van der Waals surface area contributed by atoms with E-state index >= 15 is 0 Å². The number of allylic oxidation sites excluding steroid dienone is 2. The summed E-state index contributed by atoms with van der Waals surface area (Å²) in [6.45, 7) is 2.11. The zero-order chi connectivity index (χ0) is 11.7. The van der Waals surface area contributed by atoms with E-state index in [9.17, 15) is 0 Å². The molecule has 0 bridgehead atoms. The Hall–Kier alpha value is -1.50. The van der Waals surface area contributed by atoms with Crippen molar-refractivity contribution >= 4 is 0 Å². The van der Waals surface area contributed by atoms with Crippen molar-refractivity contribution in [3.8, 4) is 5.75 Å². The van der Waals surface area contributed by atoms with Crippen molar-refractivity contribution in [2.45, 2.75) is 38.7 Å². The first-order valence-electron chi connectivity index (χ1n) is 6.42. The molecule has 0 radical (unpaired) electrons. The Bertz CT molecular complexity index is 482. The van der Waals surface area contributed by atoms with E-state index in [4.69, 9.17) is 4.74 Å². The fourth-order valence-corrected chi connectivity index (χ4v) is 2.75. The van der Waals surface area contributed by atoms with Crippen molar-refractivity contribution in [1.82, 2.24) is 0 Å². The molecule has 88 valence electrons. The highest BCUT2D eigenvalue weighted by molar-refractivity contribution is 5.37. The molecule has 0 aromatic heterocycles. The van der Waals surface area contributed by atoms with Crippen LogP contribution in [0.1, 0.15) is 31.2 Å². The second-order valence-electron chi connectivity index (χ2n) is 4.98. The Morgan fingerprint density at radius 3 is 2.88 bits per heavy atom. The Morgan fingerprint density at radius 2 is 2.06 bits per heavy atom. The van der Waals surface area contributed by atoms with Gasteiger partial charge in [0.15, 0.2) is 0 Å². The second kappa shape index (κ2) is 4.40. The van der Waals surface area contributed by atoms with Crippen LogP contribution >= 0.6 is 0 Å². The van der Waals surface area contributed by atoms with Gasteiger partial charge in [-0.3, -0.25) is 0 Å². The summed E-state index contributed by atoms with van der Waals surface area (Å²) in [6.07, 6.45) is 9.57. The molecule has 1 aromatic carbocycles. The lowest BCUT2D eigenvalue weighted by Gasteiger charge is -2.15. The van der Waals surface area contributed by atoms with Crippen LogP contribution in [0.5, 0.6) is 5.75 Å². The van der Waals surface area contributed by atoms with E-state index in [2.05, 4.69) is 37.3 Å². The van der Waals surface area contributed by atoms with E-state index < -0.39 is 0 Å². The minimum atomic E-state index is 0.351. The smallest absolute Gasteiger partial charge is 0.122 e. The van der Waals surface area contributed by atoms with Gasteiger partial charge in [-0.1, -0.05) is 35.9 Å². The lowest BCUT2D eigenvalue weighted by Crippen LogP contribution is -2.13. The lowest BCUT2D eigenvalue weighted by atomic mass is 10.0. The van der Waals surface area contributed by atoms with Gasteiger partial charge in [0.05, 0.1) is 0 Å². The summed E-state index contributed by atoms with van der Waals surface area (Å²) in [5.74, 6) is 1.04. The largest absolute Gasteiger partial charge is 0.489 e. The summed E-state index contributed by atoms with van der Waals surface area (Å²) in [5, 5.41) is 0. The predicted octanol–water partition coefficient (Wildman–Crippen LogP) is 4.18. The minimum Gasteiger partial charge on any atom is -0.489 e. The zero-order valence-electron chi connectivity index (χ0n) is 10.3. The van der Waals surface area contributed by atoms with Gasteiger partial charge in [-0.05, 0) is 37.0 Å². The third-order valence-corrected chi connectivity index (χ3v) is 3.69. The highest BCUT2D eigenvalue weighted by Crippen LogP contribution is 2.36. The third kappa shape index (κ3) is 2.14. The summed E-state index contributed by atoms with van der Waals surface area (Å²) >= 11 is 0. The number of aryl methyl sites for hydroxylation is 1. The Labute approximate surface area is 103 Å². The van der Waals surface area contributed by atoms with E-state index in [0.29, 0.717) is 6.10 Å². The molecule has 17 heavy (non-hydrogen) atoms. The van der Waals surface area contributed by atoms with Crippen molar-refractivity contribution in [3.63, 3.8) is 0 Å². The van der Waals surface area contributed by atoms with Crippen molar-refractivity contribution in [1.29, 1.82) is 0 Å². The van der Waals surface area contributed by atoms with Gasteiger partial charge >= 0.3 is 0 Å². The van der Waals surface area contributed by atoms with Gasteiger partial charge in [-0.25, -0.2) is 0 Å². The Balaban J connectivity index is 1.70. The molecule has 0 saturated heterocycles. The van der Waals surface area contributed by atoms with E-state index in [0.717, 1.165) is 18.6 Å². The molecule has 0 heterocycles. The highest BCUT2D eigenvalue weighted by Gasteiger charge is 2.25. The Kier molecular flexibility index (Phi) is 2.76. The first kappa shape index (κ1) is 10.6. The van der Waals surface area contributed by atoms with Crippen LogP contribution in [0.2, 0.25) is 0 Å². The third-order valence-electron chi connectivity index (χ3n) is 3.69. The van der Waals surface area contributed by atoms with Gasteiger partial charge in [0.25, 0.3) is 0 Å². The van der Waals surface area contributed by atoms with Crippen LogP contribution < -0.4 is 4.74 Å². The number of ether oxygens (including phenoxy) is 1. The molecule has 1 atom stereocenters. The first-order valence-corrected chi connectivity index (χ1v) is 6.42. The summed E-state index contributed by atoms with van der Waals surface area (Å²) < 4.78 is 6.12. The Morgan fingerprint density at radius 1 is 1.18 bits per heavy atom. The lowest BCUT2D eigenvalue weighted by molar-refractivity contribution is 0.211. The summed E-state index contributed by atoms with van der Waals surface area (Å²) in [6, 6.07) is 8.29. The molecule has 0 amide bonds. The van der Waals surface area contributed by atoms with Crippen molar-refractivity contribution in [3.05, 3.63) is 53.1 Å². The number of hydrogen-bond acceptors (Lipinski definition) is 1. The molecule has 0 N–H and O–H groups in total. The highest BCUT2D eigenvalue weighted by atomic mass is 16.5. The molecule has 2 aliphatic carbocycles. The van der Waals surface area contributed by atoms with Crippen molar-refractivity contribution in [2.75, 3.05) is 0 Å². The van der Waals surface area contributed by atoms with Crippen molar-refractivity contribution in [2.24, 2.45) is 0 Å². The van der Waals surface area contributed by atoms with Crippen LogP contribution in [0.25, 0.3) is 0 Å². The second-order valence-corrected chi connectivity index (χ2v) is 4.98. The first-order chi connectivity index (χ1) is 8.33. The van der Waals surface area contributed by atoms with Gasteiger partial charge in [0.2, 0.25) is 0 Å². The van der Waals surface area contributed by atoms with Crippen LogP contribution in [0.4, 0.5) is 0 Å². The van der Waals surface area contributed by atoms with Crippen LogP contribution in [-0.4, -0.2) is 6.10 Å². The normalized spacial score (nSPS) is 22.8. The average molecular weight is 226 g/mol. The van der Waals surface area contributed by atoms with Gasteiger partial charge in [-0.2, -0.15) is 0 Å². The number of para-hydroxylation sites is 1. The van der Waals surface area contributed by atoms with Gasteiger partial charge in [0.1, 0.15) is 11.9 Å². The summed E-state index contributed by atoms with van der Waals surface area (Å²) in [4.78, 5) is 0. The molecule has 0 fully saturated rings. The molecule has 1 aromatic rings. The fourth-order valence-electron chi connectivity index (χ4n) is 2.75. The zero-order valence-corrected chi connectivity index (χ0v) is 10.3. The maximum absolute atomic E-state index is 6.12. The predicted molar refractivity (Wildman–Crippen MR) is 70.2 cm³/mol. The van der Waals surface area contributed by atoms with E-state index in [1.807, 2.05) is 6.07 Å². The van der Waals surface area contributed by atoms with E-state index in [1.54, 1.807) is 5.57 Å². The van der Waals surface area contributed by atoms with Gasteiger partial charge in [0, 0.05) is 12.8 Å².